The number of carbonyl (C=O) groups is 3. The van der Waals surface area contributed by atoms with Crippen molar-refractivity contribution in [3.63, 3.8) is 0 Å². The van der Waals surface area contributed by atoms with E-state index in [1.165, 1.54) is 0 Å². The van der Waals surface area contributed by atoms with Gasteiger partial charge in [-0.1, -0.05) is 0 Å². The van der Waals surface area contributed by atoms with E-state index in [1.54, 1.807) is 5.43 Å². The molecule has 0 atom stereocenters. The van der Waals surface area contributed by atoms with Crippen molar-refractivity contribution in [2.24, 2.45) is 5.73 Å². The molecule has 0 spiro atoms. The van der Waals surface area contributed by atoms with Crippen LogP contribution in [0.1, 0.15) is 0 Å². The number of carboxylic acid groups (broad SMARTS) is 2. The number of hydrazine groups is 1. The average Bonchev–Trinajstić information content (AvgIpc) is 1.80. The Morgan fingerprint density at radius 1 is 1.15 bits per heavy atom. The number of hydrogen-bond donors (Lipinski definition) is 2. The second kappa shape index (κ2) is 4.93. The summed E-state index contributed by atoms with van der Waals surface area (Å²) in [4.78, 5) is 30.2. The van der Waals surface area contributed by atoms with Gasteiger partial charge in [0, 0.05) is 0 Å². The molecular weight excluding hydrogens is 182 g/mol. The molecule has 0 aromatic heterocycles. The van der Waals surface area contributed by atoms with Gasteiger partial charge >= 0.3 is 6.03 Å². The molecule has 0 aliphatic heterocycles. The van der Waals surface area contributed by atoms with Crippen LogP contribution in [0.15, 0.2) is 0 Å². The number of nitrogens with two attached hydrogens (primary N) is 1. The van der Waals surface area contributed by atoms with Gasteiger partial charge in [-0.3, -0.25) is 5.43 Å². The monoisotopic (exact) mass is 189 g/mol. The Morgan fingerprint density at radius 2 is 1.54 bits per heavy atom. The number of nitrogens with one attached hydrogen (secondary N) is 1. The van der Waals surface area contributed by atoms with E-state index in [0.717, 1.165) is 0 Å². The molecule has 0 aromatic rings. The van der Waals surface area contributed by atoms with Crippen LogP contribution >= 0.6 is 0 Å². The zero-order valence-electron chi connectivity index (χ0n) is 6.48. The van der Waals surface area contributed by atoms with Gasteiger partial charge in [0.2, 0.25) is 0 Å². The summed E-state index contributed by atoms with van der Waals surface area (Å²) in [5.41, 5.74) is 6.40. The summed E-state index contributed by atoms with van der Waals surface area (Å²) < 4.78 is 0. The molecule has 0 saturated carbocycles. The normalized spacial score (nSPS) is 9.62. The Balaban J connectivity index is 4.10. The minimum atomic E-state index is -1.55. The van der Waals surface area contributed by atoms with E-state index in [2.05, 4.69) is 5.73 Å². The standard InChI is InChI=1S/C5H9N3O5/c6-5(13)7-8(1-3(9)10)2-4(11)12/h1-2H2,(H,9,10)(H,11,12)(H3,6,7,13)/p-2. The SMILES string of the molecule is NC(=O)NN(CC(=O)[O-])CC(=O)[O-]. The van der Waals surface area contributed by atoms with Crippen LogP contribution in [-0.2, 0) is 9.59 Å². The first-order valence-electron chi connectivity index (χ1n) is 3.12. The highest BCUT2D eigenvalue weighted by atomic mass is 16.4. The number of rotatable bonds is 5. The van der Waals surface area contributed by atoms with E-state index < -0.39 is 31.1 Å². The highest BCUT2D eigenvalue weighted by Gasteiger charge is 2.06. The zero-order chi connectivity index (χ0) is 10.4. The maximum Gasteiger partial charge on any atom is 0.326 e. The van der Waals surface area contributed by atoms with Crippen LogP contribution in [0.3, 0.4) is 0 Å². The second-order valence-corrected chi connectivity index (χ2v) is 2.08. The highest BCUT2D eigenvalue weighted by molar-refractivity contribution is 5.74. The predicted octanol–water partition coefficient (Wildman–Crippen LogP) is -4.63. The molecule has 0 radical (unpaired) electrons. The lowest BCUT2D eigenvalue weighted by atomic mass is 10.5. The molecule has 2 amide bonds. The van der Waals surface area contributed by atoms with E-state index in [4.69, 9.17) is 0 Å². The van der Waals surface area contributed by atoms with Gasteiger partial charge in [-0.25, -0.2) is 9.80 Å². The first-order valence-corrected chi connectivity index (χ1v) is 3.12. The number of carboxylic acids is 2. The first kappa shape index (κ1) is 11.2. The van der Waals surface area contributed by atoms with Crippen molar-refractivity contribution in [1.29, 1.82) is 0 Å². The molecule has 0 fully saturated rings. The third-order valence-electron chi connectivity index (χ3n) is 0.908. The van der Waals surface area contributed by atoms with Crippen LogP contribution in [0.25, 0.3) is 0 Å². The van der Waals surface area contributed by atoms with E-state index in [1.807, 2.05) is 0 Å². The molecule has 0 rings (SSSR count). The molecule has 8 nitrogen and oxygen atoms in total. The number of carbonyl (C=O) groups excluding carboxylic acids is 3. The molecule has 0 saturated heterocycles. The smallest absolute Gasteiger partial charge is 0.326 e. The molecule has 0 heterocycles. The lowest BCUT2D eigenvalue weighted by molar-refractivity contribution is -0.310. The molecule has 3 N–H and O–H groups in total. The zero-order valence-corrected chi connectivity index (χ0v) is 6.48. The van der Waals surface area contributed by atoms with Crippen molar-refractivity contribution >= 4 is 18.0 Å². The summed E-state index contributed by atoms with van der Waals surface area (Å²) in [6.45, 7) is -1.56. The third kappa shape index (κ3) is 6.56. The predicted molar refractivity (Wildman–Crippen MR) is 34.3 cm³/mol. The van der Waals surface area contributed by atoms with Crippen molar-refractivity contribution in [2.75, 3.05) is 13.1 Å². The third-order valence-corrected chi connectivity index (χ3v) is 0.908. The quantitative estimate of drug-likeness (QED) is 0.417. The Kier molecular flexibility index (Phi) is 4.24. The van der Waals surface area contributed by atoms with Crippen molar-refractivity contribution in [2.45, 2.75) is 0 Å². The van der Waals surface area contributed by atoms with Gasteiger partial charge in [0.15, 0.2) is 0 Å². The van der Waals surface area contributed by atoms with Gasteiger partial charge in [-0.05, 0) is 0 Å². The van der Waals surface area contributed by atoms with Crippen molar-refractivity contribution < 1.29 is 24.6 Å². The fourth-order valence-electron chi connectivity index (χ4n) is 0.602. The molecule has 0 aliphatic carbocycles. The second-order valence-electron chi connectivity index (χ2n) is 2.08. The van der Waals surface area contributed by atoms with Crippen LogP contribution in [-0.4, -0.2) is 36.1 Å². The van der Waals surface area contributed by atoms with Gasteiger partial charge in [-0.15, -0.1) is 0 Å². The van der Waals surface area contributed by atoms with Crippen molar-refractivity contribution in [3.05, 3.63) is 0 Å². The number of amides is 2. The van der Waals surface area contributed by atoms with E-state index in [9.17, 15) is 24.6 Å². The number of hydrogen-bond acceptors (Lipinski definition) is 6. The Bertz CT molecular complexity index is 190. The summed E-state index contributed by atoms with van der Waals surface area (Å²) >= 11 is 0. The summed E-state index contributed by atoms with van der Waals surface area (Å²) in [5, 5.41) is 20.6. The van der Waals surface area contributed by atoms with Crippen LogP contribution < -0.4 is 21.4 Å². The van der Waals surface area contributed by atoms with E-state index >= 15 is 0 Å². The maximum absolute atomic E-state index is 10.2. The first-order chi connectivity index (χ1) is 5.91. The number of aliphatic carboxylic acids is 2. The lowest BCUT2D eigenvalue weighted by Crippen LogP contribution is -2.53. The molecule has 0 aliphatic rings. The summed E-state index contributed by atoms with van der Waals surface area (Å²) in [5.74, 6) is -3.09. The van der Waals surface area contributed by atoms with Crippen LogP contribution in [0.4, 0.5) is 4.79 Å². The van der Waals surface area contributed by atoms with E-state index in [-0.39, 0.29) is 0 Å². The lowest BCUT2D eigenvalue weighted by Gasteiger charge is -2.22. The molecule has 8 heteroatoms. The molecular formula is C5H7N3O5-2. The minimum absolute atomic E-state index is 0.549. The summed E-state index contributed by atoms with van der Waals surface area (Å²) in [7, 11) is 0. The van der Waals surface area contributed by atoms with Crippen molar-refractivity contribution in [1.82, 2.24) is 10.4 Å². The molecule has 0 bridgehead atoms. The van der Waals surface area contributed by atoms with Gasteiger partial charge in [0.25, 0.3) is 0 Å². The number of urea groups is 1. The largest absolute Gasteiger partial charge is 0.549 e. The van der Waals surface area contributed by atoms with Gasteiger partial charge in [-0.2, -0.15) is 0 Å². The fraction of sp³-hybridized carbons (Fsp3) is 0.400. The molecule has 0 unspecified atom stereocenters. The number of primary amides is 1. The Hall–Kier alpha value is -1.83. The summed E-state index contributed by atoms with van der Waals surface area (Å²) in [6.07, 6.45) is 0. The molecule has 74 valence electrons. The van der Waals surface area contributed by atoms with Gasteiger partial charge in [0.1, 0.15) is 0 Å². The van der Waals surface area contributed by atoms with E-state index in [0.29, 0.717) is 5.01 Å². The maximum atomic E-state index is 10.2. The minimum Gasteiger partial charge on any atom is -0.549 e. The van der Waals surface area contributed by atoms with Gasteiger partial charge in [0.05, 0.1) is 25.0 Å². The molecule has 13 heavy (non-hydrogen) atoms. The van der Waals surface area contributed by atoms with Gasteiger partial charge < -0.3 is 25.5 Å². The summed E-state index contributed by atoms with van der Waals surface area (Å²) in [6, 6.07) is -1.07. The van der Waals surface area contributed by atoms with Crippen LogP contribution in [0.5, 0.6) is 0 Å². The van der Waals surface area contributed by atoms with Crippen LogP contribution in [0, 0.1) is 0 Å². The van der Waals surface area contributed by atoms with Crippen LogP contribution in [0.2, 0.25) is 0 Å². The Morgan fingerprint density at radius 3 is 1.77 bits per heavy atom. The number of nitrogens with zero attached hydrogens (tertiary/aromatic N) is 1. The Labute approximate surface area is 72.9 Å². The topological polar surface area (TPSA) is 139 Å². The highest BCUT2D eigenvalue weighted by Crippen LogP contribution is 1.79. The molecule has 0 aromatic carbocycles. The fourth-order valence-corrected chi connectivity index (χ4v) is 0.602. The average molecular weight is 189 g/mol. The van der Waals surface area contributed by atoms with Crippen molar-refractivity contribution in [3.8, 4) is 0 Å².